The zero-order valence-electron chi connectivity index (χ0n) is 10.3. The van der Waals surface area contributed by atoms with Crippen LogP contribution in [0.3, 0.4) is 0 Å². The van der Waals surface area contributed by atoms with Crippen LogP contribution in [-0.4, -0.2) is 11.6 Å². The average molecular weight is 238 g/mol. The molecule has 0 saturated heterocycles. The Labute approximate surface area is 101 Å². The van der Waals surface area contributed by atoms with Crippen LogP contribution in [-0.2, 0) is 11.2 Å². The van der Waals surface area contributed by atoms with Crippen molar-refractivity contribution < 1.29 is 9.59 Å². The Morgan fingerprint density at radius 1 is 1.25 bits per heavy atom. The van der Waals surface area contributed by atoms with Gasteiger partial charge in [-0.05, 0) is 18.6 Å². The number of rotatable bonds is 4. The van der Waals surface area contributed by atoms with Crippen LogP contribution < -0.4 is 0 Å². The molecule has 88 valence electrons. The van der Waals surface area contributed by atoms with Gasteiger partial charge in [0.05, 0.1) is 11.3 Å². The van der Waals surface area contributed by atoms with E-state index in [1.165, 1.54) is 16.2 Å². The van der Waals surface area contributed by atoms with Crippen LogP contribution in [0.25, 0.3) is 0 Å². The van der Waals surface area contributed by atoms with Crippen molar-refractivity contribution in [3.05, 3.63) is 21.9 Å². The van der Waals surface area contributed by atoms with Gasteiger partial charge in [-0.15, -0.1) is 11.3 Å². The maximum atomic E-state index is 11.8. The van der Waals surface area contributed by atoms with E-state index < -0.39 is 5.41 Å². The lowest BCUT2D eigenvalue weighted by molar-refractivity contribution is -0.125. The molecule has 0 radical (unpaired) electrons. The molecule has 2 nitrogen and oxygen atoms in total. The lowest BCUT2D eigenvalue weighted by Gasteiger charge is -2.15. The Kier molecular flexibility index (Phi) is 4.03. The van der Waals surface area contributed by atoms with Crippen molar-refractivity contribution in [1.82, 2.24) is 0 Å². The molecule has 0 N–H and O–H groups in total. The molecule has 0 amide bonds. The summed E-state index contributed by atoms with van der Waals surface area (Å²) in [5, 5.41) is 0. The third kappa shape index (κ3) is 3.27. The molecule has 0 spiro atoms. The van der Waals surface area contributed by atoms with Gasteiger partial charge in [0.2, 0.25) is 0 Å². The van der Waals surface area contributed by atoms with Gasteiger partial charge in [0.25, 0.3) is 0 Å². The molecule has 1 aromatic rings. The van der Waals surface area contributed by atoms with Gasteiger partial charge in [-0.2, -0.15) is 0 Å². The van der Waals surface area contributed by atoms with Crippen molar-refractivity contribution in [1.29, 1.82) is 0 Å². The summed E-state index contributed by atoms with van der Waals surface area (Å²) in [6.45, 7) is 7.58. The second-order valence-electron chi connectivity index (χ2n) is 4.89. The van der Waals surface area contributed by atoms with Crippen molar-refractivity contribution in [2.75, 3.05) is 0 Å². The van der Waals surface area contributed by atoms with E-state index in [4.69, 9.17) is 0 Å². The fraction of sp³-hybridized carbons (Fsp3) is 0.538. The summed E-state index contributed by atoms with van der Waals surface area (Å²) >= 11 is 1.49. The number of ketones is 2. The molecular weight excluding hydrogens is 220 g/mol. The Morgan fingerprint density at radius 2 is 1.88 bits per heavy atom. The van der Waals surface area contributed by atoms with E-state index in [0.29, 0.717) is 4.88 Å². The van der Waals surface area contributed by atoms with Crippen LogP contribution in [0.1, 0.15) is 48.7 Å². The largest absolute Gasteiger partial charge is 0.299 e. The van der Waals surface area contributed by atoms with Crippen LogP contribution in [0.4, 0.5) is 0 Å². The van der Waals surface area contributed by atoms with Crippen LogP contribution in [0.5, 0.6) is 0 Å². The minimum absolute atomic E-state index is 0.00366. The summed E-state index contributed by atoms with van der Waals surface area (Å²) in [4.78, 5) is 25.4. The number of aryl methyl sites for hydroxylation is 1. The normalized spacial score (nSPS) is 11.5. The number of carbonyl (C=O) groups excluding carboxylic acids is 2. The zero-order valence-corrected chi connectivity index (χ0v) is 11.1. The Bertz CT molecular complexity index is 396. The molecule has 0 aromatic carbocycles. The van der Waals surface area contributed by atoms with Crippen molar-refractivity contribution in [3.63, 3.8) is 0 Å². The van der Waals surface area contributed by atoms with Crippen molar-refractivity contribution >= 4 is 22.9 Å². The van der Waals surface area contributed by atoms with Gasteiger partial charge in [-0.3, -0.25) is 9.59 Å². The third-order valence-corrected chi connectivity index (χ3v) is 3.71. The molecule has 1 aromatic heterocycles. The number of thiophene rings is 1. The fourth-order valence-electron chi connectivity index (χ4n) is 1.22. The average Bonchev–Trinajstić information content (AvgIpc) is 2.64. The predicted molar refractivity (Wildman–Crippen MR) is 67.1 cm³/mol. The first-order valence-electron chi connectivity index (χ1n) is 5.49. The molecule has 16 heavy (non-hydrogen) atoms. The van der Waals surface area contributed by atoms with E-state index in [-0.39, 0.29) is 18.0 Å². The molecule has 1 heterocycles. The maximum Gasteiger partial charge on any atom is 0.180 e. The number of hydrogen-bond acceptors (Lipinski definition) is 3. The van der Waals surface area contributed by atoms with Gasteiger partial charge < -0.3 is 0 Å². The first-order valence-corrected chi connectivity index (χ1v) is 6.31. The molecule has 3 heteroatoms. The molecule has 0 fully saturated rings. The van der Waals surface area contributed by atoms with Crippen molar-refractivity contribution in [3.8, 4) is 0 Å². The first kappa shape index (κ1) is 13.1. The standard InChI is InChI=1S/C13H18O2S/c1-5-9-6-7-11(16-9)10(14)8-12(15)13(2,3)4/h6-7H,5,8H2,1-4H3. The number of carbonyl (C=O) groups is 2. The van der Waals surface area contributed by atoms with Gasteiger partial charge >= 0.3 is 0 Å². The van der Waals surface area contributed by atoms with Gasteiger partial charge in [0, 0.05) is 10.3 Å². The molecule has 0 atom stereocenters. The SMILES string of the molecule is CCc1ccc(C(=O)CC(=O)C(C)(C)C)s1. The third-order valence-electron chi connectivity index (χ3n) is 2.44. The summed E-state index contributed by atoms with van der Waals surface area (Å²) in [6.07, 6.45) is 0.957. The monoisotopic (exact) mass is 238 g/mol. The van der Waals surface area contributed by atoms with Gasteiger partial charge in [-0.1, -0.05) is 27.7 Å². The van der Waals surface area contributed by atoms with E-state index in [9.17, 15) is 9.59 Å². The van der Waals surface area contributed by atoms with Crippen LogP contribution >= 0.6 is 11.3 Å². The summed E-state index contributed by atoms with van der Waals surface area (Å²) in [6, 6.07) is 3.78. The minimum atomic E-state index is -0.430. The molecule has 0 bridgehead atoms. The lowest BCUT2D eigenvalue weighted by atomic mass is 9.88. The Morgan fingerprint density at radius 3 is 2.31 bits per heavy atom. The first-order chi connectivity index (χ1) is 7.34. The van der Waals surface area contributed by atoms with E-state index in [2.05, 4.69) is 6.92 Å². The highest BCUT2D eigenvalue weighted by molar-refractivity contribution is 7.14. The van der Waals surface area contributed by atoms with E-state index in [0.717, 1.165) is 6.42 Å². The summed E-state index contributed by atoms with van der Waals surface area (Å²) < 4.78 is 0. The molecule has 1 rings (SSSR count). The quantitative estimate of drug-likeness (QED) is 0.594. The number of Topliss-reactive ketones (excluding diaryl/α,β-unsaturated/α-hetero) is 2. The molecule has 0 aliphatic carbocycles. The molecule has 0 aliphatic rings. The van der Waals surface area contributed by atoms with Crippen LogP contribution in [0.2, 0.25) is 0 Å². The zero-order chi connectivity index (χ0) is 12.3. The Balaban J connectivity index is 2.69. The van der Waals surface area contributed by atoms with Gasteiger partial charge in [0.1, 0.15) is 5.78 Å². The fourth-order valence-corrected chi connectivity index (χ4v) is 2.10. The van der Waals surface area contributed by atoms with Gasteiger partial charge in [0.15, 0.2) is 5.78 Å². The summed E-state index contributed by atoms with van der Waals surface area (Å²) in [7, 11) is 0. The predicted octanol–water partition coefficient (Wildman–Crippen LogP) is 3.50. The van der Waals surface area contributed by atoms with Crippen molar-refractivity contribution in [2.45, 2.75) is 40.5 Å². The van der Waals surface area contributed by atoms with Crippen LogP contribution in [0.15, 0.2) is 12.1 Å². The highest BCUT2D eigenvalue weighted by Gasteiger charge is 2.24. The smallest absolute Gasteiger partial charge is 0.180 e. The number of hydrogen-bond donors (Lipinski definition) is 0. The highest BCUT2D eigenvalue weighted by Crippen LogP contribution is 2.22. The second kappa shape index (κ2) is 4.91. The summed E-state index contributed by atoms with van der Waals surface area (Å²) in [5.74, 6) is -0.0476. The van der Waals surface area contributed by atoms with Gasteiger partial charge in [-0.25, -0.2) is 0 Å². The second-order valence-corrected chi connectivity index (χ2v) is 6.06. The summed E-state index contributed by atoms with van der Waals surface area (Å²) in [5.41, 5.74) is -0.430. The van der Waals surface area contributed by atoms with Crippen LogP contribution in [0, 0.1) is 5.41 Å². The molecule has 0 saturated carbocycles. The highest BCUT2D eigenvalue weighted by atomic mass is 32.1. The van der Waals surface area contributed by atoms with Crippen molar-refractivity contribution in [2.24, 2.45) is 5.41 Å². The lowest BCUT2D eigenvalue weighted by Crippen LogP contribution is -2.22. The Hall–Kier alpha value is -0.960. The van der Waals surface area contributed by atoms with E-state index in [1.807, 2.05) is 32.9 Å². The maximum absolute atomic E-state index is 11.8. The van der Waals surface area contributed by atoms with E-state index >= 15 is 0 Å². The topological polar surface area (TPSA) is 34.1 Å². The van der Waals surface area contributed by atoms with E-state index in [1.54, 1.807) is 0 Å². The minimum Gasteiger partial charge on any atom is -0.299 e. The molecule has 0 unspecified atom stereocenters. The molecule has 0 aliphatic heterocycles. The molecular formula is C13H18O2S.